The van der Waals surface area contributed by atoms with E-state index >= 15 is 0 Å². The van der Waals surface area contributed by atoms with Gasteiger partial charge in [-0.15, -0.1) is 11.8 Å². The lowest BCUT2D eigenvalue weighted by molar-refractivity contribution is 0.118. The molecule has 0 spiro atoms. The number of hydrogen-bond acceptors (Lipinski definition) is 2. The molecule has 3 aliphatic heterocycles. The Kier molecular flexibility index (Phi) is 2.72. The Morgan fingerprint density at radius 3 is 2.40 bits per heavy atom. The van der Waals surface area contributed by atoms with Gasteiger partial charge in [0, 0.05) is 16.7 Å². The normalized spacial score (nSPS) is 34.3. The maximum absolute atomic E-state index is 2.63. The fourth-order valence-electron chi connectivity index (χ4n) is 2.72. The molecule has 80 valence electrons. The van der Waals surface area contributed by atoms with Crippen LogP contribution in [0.2, 0.25) is 0 Å². The molecular weight excluding hydrogens is 202 g/mol. The number of benzene rings is 1. The Labute approximate surface area is 95.9 Å². The molecule has 1 nitrogen and oxygen atoms in total. The van der Waals surface area contributed by atoms with Crippen molar-refractivity contribution in [1.29, 1.82) is 0 Å². The van der Waals surface area contributed by atoms with Crippen LogP contribution >= 0.6 is 11.8 Å². The van der Waals surface area contributed by atoms with Crippen molar-refractivity contribution >= 4 is 11.8 Å². The SMILES string of the molecule is c1ccc(S[C@H]2CN3CCC2CC3)cc1. The summed E-state index contributed by atoms with van der Waals surface area (Å²) in [5, 5.41) is 0.842. The zero-order chi connectivity index (χ0) is 10.1. The molecule has 0 saturated carbocycles. The molecule has 1 aromatic carbocycles. The highest BCUT2D eigenvalue weighted by atomic mass is 32.2. The molecule has 2 bridgehead atoms. The van der Waals surface area contributed by atoms with Crippen LogP contribution in [0.3, 0.4) is 0 Å². The lowest BCUT2D eigenvalue weighted by atomic mass is 9.88. The van der Waals surface area contributed by atoms with E-state index in [4.69, 9.17) is 0 Å². The molecule has 2 heteroatoms. The monoisotopic (exact) mass is 219 g/mol. The van der Waals surface area contributed by atoms with Gasteiger partial charge in [0.05, 0.1) is 0 Å². The minimum absolute atomic E-state index is 0.842. The second-order valence-corrected chi connectivity index (χ2v) is 5.92. The van der Waals surface area contributed by atoms with E-state index in [1.165, 1.54) is 37.4 Å². The Morgan fingerprint density at radius 2 is 1.80 bits per heavy atom. The molecule has 0 aliphatic carbocycles. The summed E-state index contributed by atoms with van der Waals surface area (Å²) in [5.41, 5.74) is 0. The molecule has 0 unspecified atom stereocenters. The molecule has 0 radical (unpaired) electrons. The number of piperidine rings is 3. The molecule has 0 N–H and O–H groups in total. The zero-order valence-corrected chi connectivity index (χ0v) is 9.75. The lowest BCUT2D eigenvalue weighted by Gasteiger charge is -2.44. The summed E-state index contributed by atoms with van der Waals surface area (Å²) in [6, 6.07) is 10.9. The maximum Gasteiger partial charge on any atom is 0.0251 e. The van der Waals surface area contributed by atoms with E-state index in [9.17, 15) is 0 Å². The van der Waals surface area contributed by atoms with Crippen molar-refractivity contribution in [2.75, 3.05) is 19.6 Å². The van der Waals surface area contributed by atoms with Gasteiger partial charge in [0.2, 0.25) is 0 Å². The van der Waals surface area contributed by atoms with Crippen molar-refractivity contribution in [3.05, 3.63) is 30.3 Å². The predicted octanol–water partition coefficient (Wildman–Crippen LogP) is 2.87. The molecule has 3 heterocycles. The summed E-state index contributed by atoms with van der Waals surface area (Å²) < 4.78 is 0. The topological polar surface area (TPSA) is 3.24 Å². The van der Waals surface area contributed by atoms with Crippen LogP contribution in [0.25, 0.3) is 0 Å². The van der Waals surface area contributed by atoms with E-state index < -0.39 is 0 Å². The van der Waals surface area contributed by atoms with Gasteiger partial charge in [-0.1, -0.05) is 18.2 Å². The van der Waals surface area contributed by atoms with Crippen molar-refractivity contribution in [2.24, 2.45) is 5.92 Å². The van der Waals surface area contributed by atoms with Crippen molar-refractivity contribution in [1.82, 2.24) is 4.90 Å². The highest BCUT2D eigenvalue weighted by Crippen LogP contribution is 2.38. The van der Waals surface area contributed by atoms with Crippen molar-refractivity contribution < 1.29 is 0 Å². The van der Waals surface area contributed by atoms with Crippen molar-refractivity contribution in [3.8, 4) is 0 Å². The van der Waals surface area contributed by atoms with Gasteiger partial charge in [0.25, 0.3) is 0 Å². The van der Waals surface area contributed by atoms with Gasteiger partial charge in [-0.2, -0.15) is 0 Å². The second kappa shape index (κ2) is 4.18. The first-order valence-corrected chi connectivity index (χ1v) is 6.74. The Morgan fingerprint density at radius 1 is 1.07 bits per heavy atom. The van der Waals surface area contributed by atoms with Gasteiger partial charge in [0.15, 0.2) is 0 Å². The number of thioether (sulfide) groups is 1. The van der Waals surface area contributed by atoms with Crippen LogP contribution < -0.4 is 0 Å². The van der Waals surface area contributed by atoms with Gasteiger partial charge in [-0.05, 0) is 44.0 Å². The van der Waals surface area contributed by atoms with Crippen LogP contribution in [0.15, 0.2) is 35.2 Å². The summed E-state index contributed by atoms with van der Waals surface area (Å²) in [4.78, 5) is 4.07. The molecule has 0 amide bonds. The van der Waals surface area contributed by atoms with Gasteiger partial charge in [-0.25, -0.2) is 0 Å². The minimum atomic E-state index is 0.842. The quantitative estimate of drug-likeness (QED) is 0.752. The van der Waals surface area contributed by atoms with E-state index in [0.717, 1.165) is 11.2 Å². The average molecular weight is 219 g/mol. The molecular formula is C13H17NS. The molecule has 15 heavy (non-hydrogen) atoms. The summed E-state index contributed by atoms with van der Waals surface area (Å²) in [7, 11) is 0. The first-order valence-electron chi connectivity index (χ1n) is 5.86. The van der Waals surface area contributed by atoms with Crippen LogP contribution in [0, 0.1) is 5.92 Å². The summed E-state index contributed by atoms with van der Waals surface area (Å²) >= 11 is 2.09. The van der Waals surface area contributed by atoms with E-state index in [1.54, 1.807) is 0 Å². The molecule has 4 rings (SSSR count). The van der Waals surface area contributed by atoms with Crippen LogP contribution in [-0.2, 0) is 0 Å². The number of rotatable bonds is 2. The zero-order valence-electron chi connectivity index (χ0n) is 8.93. The Bertz CT molecular complexity index is 317. The van der Waals surface area contributed by atoms with E-state index in [0.29, 0.717) is 0 Å². The van der Waals surface area contributed by atoms with Crippen molar-refractivity contribution in [2.45, 2.75) is 23.0 Å². The van der Waals surface area contributed by atoms with Crippen molar-refractivity contribution in [3.63, 3.8) is 0 Å². The molecule has 3 aliphatic rings. The van der Waals surface area contributed by atoms with Crippen LogP contribution in [-0.4, -0.2) is 29.8 Å². The lowest BCUT2D eigenvalue weighted by Crippen LogP contribution is -2.48. The highest BCUT2D eigenvalue weighted by molar-refractivity contribution is 8.00. The van der Waals surface area contributed by atoms with Crippen LogP contribution in [0.5, 0.6) is 0 Å². The minimum Gasteiger partial charge on any atom is -0.302 e. The largest absolute Gasteiger partial charge is 0.302 e. The van der Waals surface area contributed by atoms with Crippen LogP contribution in [0.4, 0.5) is 0 Å². The predicted molar refractivity (Wildman–Crippen MR) is 65.3 cm³/mol. The van der Waals surface area contributed by atoms with Gasteiger partial charge in [-0.3, -0.25) is 0 Å². The third-order valence-corrected chi connectivity index (χ3v) is 5.01. The molecule has 1 aromatic rings. The molecule has 0 aromatic heterocycles. The van der Waals surface area contributed by atoms with Gasteiger partial charge >= 0.3 is 0 Å². The molecule has 1 atom stereocenters. The molecule has 3 saturated heterocycles. The second-order valence-electron chi connectivity index (χ2n) is 4.61. The van der Waals surface area contributed by atoms with E-state index in [2.05, 4.69) is 47.0 Å². The first kappa shape index (κ1) is 9.73. The Hall–Kier alpha value is -0.470. The van der Waals surface area contributed by atoms with E-state index in [1.807, 2.05) is 0 Å². The third kappa shape index (κ3) is 2.06. The van der Waals surface area contributed by atoms with E-state index in [-0.39, 0.29) is 0 Å². The summed E-state index contributed by atoms with van der Waals surface area (Å²) in [6.45, 7) is 4.00. The Balaban J connectivity index is 1.69. The first-order chi connectivity index (χ1) is 7.42. The number of nitrogens with zero attached hydrogens (tertiary/aromatic N) is 1. The number of hydrogen-bond donors (Lipinski definition) is 0. The maximum atomic E-state index is 2.63. The van der Waals surface area contributed by atoms with Gasteiger partial charge < -0.3 is 4.90 Å². The third-order valence-electron chi connectivity index (χ3n) is 3.63. The molecule has 3 fully saturated rings. The summed E-state index contributed by atoms with van der Waals surface area (Å²) in [5.74, 6) is 0.972. The smallest absolute Gasteiger partial charge is 0.0251 e. The van der Waals surface area contributed by atoms with Crippen LogP contribution in [0.1, 0.15) is 12.8 Å². The fraction of sp³-hybridized carbons (Fsp3) is 0.538. The summed E-state index contributed by atoms with van der Waals surface area (Å²) in [6.07, 6.45) is 2.84. The standard InChI is InChI=1S/C13H17NS/c1-2-4-12(5-3-1)15-13-10-14-8-6-11(13)7-9-14/h1-5,11,13H,6-10H2/t13-/m0/s1. The number of fused-ring (bicyclic) bond motifs is 3. The fourth-order valence-corrected chi connectivity index (χ4v) is 4.13. The van der Waals surface area contributed by atoms with Gasteiger partial charge in [0.1, 0.15) is 0 Å². The highest BCUT2D eigenvalue weighted by Gasteiger charge is 2.34. The average Bonchev–Trinajstić information content (AvgIpc) is 2.32.